The lowest BCUT2D eigenvalue weighted by Gasteiger charge is -2.19. The fraction of sp³-hybridized carbons (Fsp3) is 0.188. The summed E-state index contributed by atoms with van der Waals surface area (Å²) in [7, 11) is 0. The highest BCUT2D eigenvalue weighted by Crippen LogP contribution is 2.23. The molecule has 3 nitrogen and oxygen atoms in total. The van der Waals surface area contributed by atoms with E-state index in [0.717, 1.165) is 12.0 Å². The van der Waals surface area contributed by atoms with Crippen molar-refractivity contribution in [3.8, 4) is 0 Å². The van der Waals surface area contributed by atoms with Crippen molar-refractivity contribution in [1.82, 2.24) is 0 Å². The van der Waals surface area contributed by atoms with Gasteiger partial charge in [0.25, 0.3) is 5.91 Å². The topological polar surface area (TPSA) is 55.1 Å². The van der Waals surface area contributed by atoms with Gasteiger partial charge in [-0.15, -0.1) is 0 Å². The summed E-state index contributed by atoms with van der Waals surface area (Å²) in [6.07, 6.45) is 0.868. The molecular formula is C16H17FN2O. The highest BCUT2D eigenvalue weighted by molar-refractivity contribution is 5.94. The number of primary amides is 1. The lowest BCUT2D eigenvalue weighted by molar-refractivity contribution is 0.0996. The molecule has 0 aliphatic carbocycles. The van der Waals surface area contributed by atoms with E-state index in [-0.39, 0.29) is 11.6 Å². The highest BCUT2D eigenvalue weighted by atomic mass is 19.1. The van der Waals surface area contributed by atoms with Crippen LogP contribution >= 0.6 is 0 Å². The zero-order valence-electron chi connectivity index (χ0n) is 11.3. The van der Waals surface area contributed by atoms with E-state index in [0.29, 0.717) is 5.69 Å². The molecule has 104 valence electrons. The van der Waals surface area contributed by atoms with Gasteiger partial charge in [-0.05, 0) is 30.2 Å². The van der Waals surface area contributed by atoms with Crippen LogP contribution in [0.2, 0.25) is 0 Å². The van der Waals surface area contributed by atoms with E-state index in [1.54, 1.807) is 6.07 Å². The molecule has 1 atom stereocenters. The molecule has 4 heteroatoms. The van der Waals surface area contributed by atoms with E-state index in [2.05, 4.69) is 12.2 Å². The van der Waals surface area contributed by atoms with Crippen molar-refractivity contribution in [3.63, 3.8) is 0 Å². The van der Waals surface area contributed by atoms with Crippen LogP contribution in [0.4, 0.5) is 10.1 Å². The molecule has 1 unspecified atom stereocenters. The number of rotatable bonds is 5. The maximum Gasteiger partial charge on any atom is 0.251 e. The smallest absolute Gasteiger partial charge is 0.251 e. The molecule has 3 N–H and O–H groups in total. The highest BCUT2D eigenvalue weighted by Gasteiger charge is 2.12. The molecule has 0 aliphatic rings. The zero-order chi connectivity index (χ0) is 14.5. The predicted octanol–water partition coefficient (Wildman–Crippen LogP) is 3.49. The Bertz CT molecular complexity index is 599. The van der Waals surface area contributed by atoms with Crippen molar-refractivity contribution in [2.75, 3.05) is 5.32 Å². The van der Waals surface area contributed by atoms with Gasteiger partial charge in [-0.25, -0.2) is 4.39 Å². The van der Waals surface area contributed by atoms with Gasteiger partial charge in [-0.2, -0.15) is 0 Å². The van der Waals surface area contributed by atoms with Crippen LogP contribution in [0.5, 0.6) is 0 Å². The van der Waals surface area contributed by atoms with Crippen molar-refractivity contribution in [2.45, 2.75) is 19.4 Å². The van der Waals surface area contributed by atoms with Crippen LogP contribution in [0.3, 0.4) is 0 Å². The van der Waals surface area contributed by atoms with Gasteiger partial charge in [0.05, 0.1) is 11.6 Å². The number of carbonyl (C=O) groups is 1. The Balaban J connectivity index is 2.24. The SMILES string of the molecule is CCC(Nc1ccc(F)c(C(N)=O)c1)c1ccccc1. The Labute approximate surface area is 117 Å². The second-order valence-electron chi connectivity index (χ2n) is 4.57. The molecule has 0 aromatic heterocycles. The Morgan fingerprint density at radius 2 is 1.95 bits per heavy atom. The molecule has 2 aromatic carbocycles. The van der Waals surface area contributed by atoms with Crippen LogP contribution in [0.25, 0.3) is 0 Å². The summed E-state index contributed by atoms with van der Waals surface area (Å²) in [5.74, 6) is -1.37. The Kier molecular flexibility index (Phi) is 4.35. The molecule has 0 saturated carbocycles. The third kappa shape index (κ3) is 3.15. The van der Waals surface area contributed by atoms with E-state index >= 15 is 0 Å². The minimum Gasteiger partial charge on any atom is -0.378 e. The molecule has 20 heavy (non-hydrogen) atoms. The molecule has 0 spiro atoms. The van der Waals surface area contributed by atoms with Crippen LogP contribution in [0.15, 0.2) is 48.5 Å². The summed E-state index contributed by atoms with van der Waals surface area (Å²) >= 11 is 0. The van der Waals surface area contributed by atoms with Crippen LogP contribution in [-0.4, -0.2) is 5.91 Å². The third-order valence-corrected chi connectivity index (χ3v) is 3.18. The largest absolute Gasteiger partial charge is 0.378 e. The van der Waals surface area contributed by atoms with Crippen molar-refractivity contribution >= 4 is 11.6 Å². The van der Waals surface area contributed by atoms with Crippen LogP contribution in [0, 0.1) is 5.82 Å². The average molecular weight is 272 g/mol. The van der Waals surface area contributed by atoms with E-state index < -0.39 is 11.7 Å². The van der Waals surface area contributed by atoms with Gasteiger partial charge < -0.3 is 11.1 Å². The lowest BCUT2D eigenvalue weighted by Crippen LogP contribution is -2.15. The minimum absolute atomic E-state index is 0.0992. The molecule has 0 radical (unpaired) electrons. The molecular weight excluding hydrogens is 255 g/mol. The van der Waals surface area contributed by atoms with Crippen LogP contribution < -0.4 is 11.1 Å². The molecule has 0 bridgehead atoms. The average Bonchev–Trinajstić information content (AvgIpc) is 2.47. The summed E-state index contributed by atoms with van der Waals surface area (Å²) in [5.41, 5.74) is 6.87. The third-order valence-electron chi connectivity index (χ3n) is 3.18. The number of nitrogens with one attached hydrogen (secondary N) is 1. The molecule has 2 aromatic rings. The van der Waals surface area contributed by atoms with Crippen molar-refractivity contribution in [3.05, 3.63) is 65.5 Å². The number of nitrogens with two attached hydrogens (primary N) is 1. The Morgan fingerprint density at radius 3 is 2.55 bits per heavy atom. The lowest BCUT2D eigenvalue weighted by atomic mass is 10.0. The van der Waals surface area contributed by atoms with E-state index in [9.17, 15) is 9.18 Å². The number of amides is 1. The van der Waals surface area contributed by atoms with Crippen molar-refractivity contribution < 1.29 is 9.18 Å². The van der Waals surface area contributed by atoms with Gasteiger partial charge >= 0.3 is 0 Å². The number of anilines is 1. The first kappa shape index (κ1) is 14.1. The quantitative estimate of drug-likeness (QED) is 0.875. The molecule has 0 heterocycles. The first-order valence-electron chi connectivity index (χ1n) is 6.52. The van der Waals surface area contributed by atoms with E-state index in [4.69, 9.17) is 5.73 Å². The molecule has 1 amide bonds. The van der Waals surface area contributed by atoms with Gasteiger partial charge in [0, 0.05) is 5.69 Å². The number of benzene rings is 2. The first-order chi connectivity index (χ1) is 9.61. The number of carbonyl (C=O) groups excluding carboxylic acids is 1. The van der Waals surface area contributed by atoms with Gasteiger partial charge in [0.1, 0.15) is 5.82 Å². The summed E-state index contributed by atoms with van der Waals surface area (Å²) in [5, 5.41) is 3.29. The standard InChI is InChI=1S/C16H17FN2O/c1-2-15(11-6-4-3-5-7-11)19-12-8-9-14(17)13(10-12)16(18)20/h3-10,15,19H,2H2,1H3,(H2,18,20). The number of hydrogen-bond donors (Lipinski definition) is 2. The minimum atomic E-state index is -0.765. The summed E-state index contributed by atoms with van der Waals surface area (Å²) in [4.78, 5) is 11.2. The van der Waals surface area contributed by atoms with E-state index in [1.807, 2.05) is 30.3 Å². The second-order valence-corrected chi connectivity index (χ2v) is 4.57. The molecule has 0 fully saturated rings. The van der Waals surface area contributed by atoms with Gasteiger partial charge in [0.15, 0.2) is 0 Å². The zero-order valence-corrected chi connectivity index (χ0v) is 11.3. The fourth-order valence-electron chi connectivity index (χ4n) is 2.11. The summed E-state index contributed by atoms with van der Waals surface area (Å²) < 4.78 is 13.4. The van der Waals surface area contributed by atoms with Gasteiger partial charge in [0.2, 0.25) is 0 Å². The Hall–Kier alpha value is -2.36. The fourth-order valence-corrected chi connectivity index (χ4v) is 2.11. The second kappa shape index (κ2) is 6.19. The predicted molar refractivity (Wildman–Crippen MR) is 78.0 cm³/mol. The Morgan fingerprint density at radius 1 is 1.25 bits per heavy atom. The summed E-state index contributed by atoms with van der Waals surface area (Å²) in [6.45, 7) is 2.06. The van der Waals surface area contributed by atoms with Crippen molar-refractivity contribution in [2.24, 2.45) is 5.73 Å². The maximum atomic E-state index is 13.4. The maximum absolute atomic E-state index is 13.4. The molecule has 0 saturated heterocycles. The van der Waals surface area contributed by atoms with Gasteiger partial charge in [-0.1, -0.05) is 37.3 Å². The van der Waals surface area contributed by atoms with Gasteiger partial charge in [-0.3, -0.25) is 4.79 Å². The van der Waals surface area contributed by atoms with Crippen LogP contribution in [0.1, 0.15) is 35.3 Å². The number of halogens is 1. The van der Waals surface area contributed by atoms with Crippen LogP contribution in [-0.2, 0) is 0 Å². The van der Waals surface area contributed by atoms with Crippen molar-refractivity contribution in [1.29, 1.82) is 0 Å². The number of hydrogen-bond acceptors (Lipinski definition) is 2. The molecule has 2 rings (SSSR count). The normalized spacial score (nSPS) is 11.9. The van der Waals surface area contributed by atoms with E-state index in [1.165, 1.54) is 12.1 Å². The first-order valence-corrected chi connectivity index (χ1v) is 6.52. The summed E-state index contributed by atoms with van der Waals surface area (Å²) in [6, 6.07) is 14.4. The molecule has 0 aliphatic heterocycles. The monoisotopic (exact) mass is 272 g/mol.